The molecule has 2 aromatic rings. The molecule has 2 N–H and O–H groups in total. The number of thiophene rings is 1. The van der Waals surface area contributed by atoms with Gasteiger partial charge >= 0.3 is 5.97 Å². The summed E-state index contributed by atoms with van der Waals surface area (Å²) in [6, 6.07) is 7.20. The van der Waals surface area contributed by atoms with Crippen LogP contribution >= 0.6 is 38.9 Å². The van der Waals surface area contributed by atoms with Crippen LogP contribution in [0.1, 0.15) is 21.3 Å². The van der Waals surface area contributed by atoms with Crippen LogP contribution in [0.3, 0.4) is 0 Å². The maximum atomic E-state index is 12.2. The molecule has 20 heavy (non-hydrogen) atoms. The number of halogens is 2. The third kappa shape index (κ3) is 3.20. The van der Waals surface area contributed by atoms with E-state index < -0.39 is 17.9 Å². The number of rotatable bonds is 4. The largest absolute Gasteiger partial charge is 0.479 e. The summed E-state index contributed by atoms with van der Waals surface area (Å²) in [5, 5.41) is 13.7. The third-order valence-corrected chi connectivity index (χ3v) is 4.78. The Hall–Kier alpha value is -1.37. The summed E-state index contributed by atoms with van der Waals surface area (Å²) in [4.78, 5) is 24.0. The maximum Gasteiger partial charge on any atom is 0.331 e. The van der Waals surface area contributed by atoms with Crippen molar-refractivity contribution in [3.63, 3.8) is 0 Å². The van der Waals surface area contributed by atoms with E-state index in [2.05, 4.69) is 21.2 Å². The molecule has 0 aliphatic rings. The van der Waals surface area contributed by atoms with Gasteiger partial charge in [-0.25, -0.2) is 4.79 Å². The summed E-state index contributed by atoms with van der Waals surface area (Å²) in [5.74, 6) is -1.65. The Morgan fingerprint density at radius 1 is 1.30 bits per heavy atom. The quantitative estimate of drug-likeness (QED) is 0.857. The molecule has 0 saturated carbocycles. The number of carboxylic acid groups (broad SMARTS) is 1. The third-order valence-electron chi connectivity index (χ3n) is 2.55. The summed E-state index contributed by atoms with van der Waals surface area (Å²) < 4.78 is 0.579. The molecule has 0 bridgehead atoms. The Kier molecular flexibility index (Phi) is 4.80. The number of benzene rings is 1. The van der Waals surface area contributed by atoms with Crippen molar-refractivity contribution in [1.82, 2.24) is 5.32 Å². The van der Waals surface area contributed by atoms with Crippen molar-refractivity contribution in [2.24, 2.45) is 0 Å². The Morgan fingerprint density at radius 2 is 2.05 bits per heavy atom. The zero-order valence-electron chi connectivity index (χ0n) is 9.97. The van der Waals surface area contributed by atoms with Crippen molar-refractivity contribution in [2.45, 2.75) is 6.04 Å². The van der Waals surface area contributed by atoms with Crippen LogP contribution in [0, 0.1) is 0 Å². The molecule has 4 nitrogen and oxygen atoms in total. The van der Waals surface area contributed by atoms with E-state index in [1.54, 1.807) is 29.6 Å². The fourth-order valence-corrected chi connectivity index (χ4v) is 2.94. The molecule has 1 unspecified atom stereocenters. The van der Waals surface area contributed by atoms with Gasteiger partial charge in [0.2, 0.25) is 0 Å². The zero-order valence-corrected chi connectivity index (χ0v) is 13.1. The molecule has 1 amide bonds. The number of amides is 1. The predicted molar refractivity (Wildman–Crippen MR) is 81.3 cm³/mol. The molecule has 1 heterocycles. The lowest BCUT2D eigenvalue weighted by Gasteiger charge is -2.14. The number of carboxylic acids is 1. The minimum absolute atomic E-state index is 0.226. The van der Waals surface area contributed by atoms with E-state index in [4.69, 9.17) is 11.6 Å². The standard InChI is InChI=1S/C13H9BrClNO3S/c14-8-4-1-3-7(10(8)15)12(17)16-11(13(18)19)9-5-2-6-20-9/h1-6,11H,(H,16,17)(H,18,19). The number of nitrogens with one attached hydrogen (secondary N) is 1. The number of aliphatic carboxylic acids is 1. The Balaban J connectivity index is 2.25. The van der Waals surface area contributed by atoms with Gasteiger partial charge in [0.05, 0.1) is 10.6 Å². The molecule has 0 fully saturated rings. The van der Waals surface area contributed by atoms with Gasteiger partial charge in [-0.3, -0.25) is 4.79 Å². The number of hydrogen-bond acceptors (Lipinski definition) is 3. The molecule has 0 aliphatic carbocycles. The highest BCUT2D eigenvalue weighted by Gasteiger charge is 2.24. The second kappa shape index (κ2) is 6.39. The van der Waals surface area contributed by atoms with Crippen molar-refractivity contribution >= 4 is 50.7 Å². The van der Waals surface area contributed by atoms with E-state index in [1.807, 2.05) is 0 Å². The lowest BCUT2D eigenvalue weighted by molar-refractivity contribution is -0.139. The molecule has 0 saturated heterocycles. The fraction of sp³-hybridized carbons (Fsp3) is 0.0769. The summed E-state index contributed by atoms with van der Waals surface area (Å²) >= 11 is 10.5. The Labute approximate surface area is 132 Å². The molecule has 0 aliphatic heterocycles. The van der Waals surface area contributed by atoms with E-state index >= 15 is 0 Å². The molecule has 0 radical (unpaired) electrons. The highest BCUT2D eigenvalue weighted by molar-refractivity contribution is 9.10. The number of carbonyl (C=O) groups excluding carboxylic acids is 1. The van der Waals surface area contributed by atoms with Gasteiger partial charge in [0.25, 0.3) is 5.91 Å². The molecule has 1 aromatic carbocycles. The van der Waals surface area contributed by atoms with E-state index in [1.165, 1.54) is 17.4 Å². The lowest BCUT2D eigenvalue weighted by Crippen LogP contribution is -2.33. The van der Waals surface area contributed by atoms with Crippen LogP contribution in [-0.2, 0) is 4.79 Å². The van der Waals surface area contributed by atoms with Crippen LogP contribution in [0.4, 0.5) is 0 Å². The smallest absolute Gasteiger partial charge is 0.331 e. The summed E-state index contributed by atoms with van der Waals surface area (Å²) in [5.41, 5.74) is 0.226. The second-order valence-corrected chi connectivity index (χ2v) is 6.07. The Morgan fingerprint density at radius 3 is 2.65 bits per heavy atom. The molecule has 2 rings (SSSR count). The summed E-state index contributed by atoms with van der Waals surface area (Å²) in [7, 11) is 0. The molecule has 104 valence electrons. The number of hydrogen-bond donors (Lipinski definition) is 2. The first kappa shape index (κ1) is 15.0. The van der Waals surface area contributed by atoms with Crippen LogP contribution in [0.15, 0.2) is 40.2 Å². The van der Waals surface area contributed by atoms with Gasteiger partial charge in [0, 0.05) is 9.35 Å². The minimum Gasteiger partial charge on any atom is -0.479 e. The fourth-order valence-electron chi connectivity index (χ4n) is 1.60. The molecular formula is C13H9BrClNO3S. The minimum atomic E-state index is -1.12. The first-order valence-electron chi connectivity index (χ1n) is 5.52. The highest BCUT2D eigenvalue weighted by Crippen LogP contribution is 2.27. The molecular weight excluding hydrogens is 366 g/mol. The summed E-state index contributed by atoms with van der Waals surface area (Å²) in [6.45, 7) is 0. The van der Waals surface area contributed by atoms with Crippen molar-refractivity contribution in [1.29, 1.82) is 0 Å². The normalized spacial score (nSPS) is 11.9. The average Bonchev–Trinajstić information content (AvgIpc) is 2.92. The zero-order chi connectivity index (χ0) is 14.7. The first-order valence-corrected chi connectivity index (χ1v) is 7.57. The Bertz CT molecular complexity index is 645. The highest BCUT2D eigenvalue weighted by atomic mass is 79.9. The van der Waals surface area contributed by atoms with Crippen LogP contribution in [0.2, 0.25) is 5.02 Å². The monoisotopic (exact) mass is 373 g/mol. The average molecular weight is 375 g/mol. The van der Waals surface area contributed by atoms with E-state index in [9.17, 15) is 14.7 Å². The molecule has 0 spiro atoms. The maximum absolute atomic E-state index is 12.2. The van der Waals surface area contributed by atoms with Crippen molar-refractivity contribution in [3.05, 3.63) is 55.6 Å². The second-order valence-electron chi connectivity index (χ2n) is 3.86. The number of carbonyl (C=O) groups is 2. The van der Waals surface area contributed by atoms with Crippen molar-refractivity contribution in [3.8, 4) is 0 Å². The molecule has 1 aromatic heterocycles. The topological polar surface area (TPSA) is 66.4 Å². The molecule has 1 atom stereocenters. The van der Waals surface area contributed by atoms with Crippen LogP contribution in [-0.4, -0.2) is 17.0 Å². The van der Waals surface area contributed by atoms with Gasteiger partial charge < -0.3 is 10.4 Å². The van der Waals surface area contributed by atoms with E-state index in [0.717, 1.165) is 0 Å². The predicted octanol–water partition coefficient (Wildman–Crippen LogP) is 3.72. The van der Waals surface area contributed by atoms with Gasteiger partial charge in [-0.05, 0) is 39.5 Å². The first-order chi connectivity index (χ1) is 9.50. The van der Waals surface area contributed by atoms with E-state index in [-0.39, 0.29) is 10.6 Å². The lowest BCUT2D eigenvalue weighted by atomic mass is 10.2. The van der Waals surface area contributed by atoms with Gasteiger partial charge in [0.1, 0.15) is 0 Å². The van der Waals surface area contributed by atoms with Crippen LogP contribution in [0.25, 0.3) is 0 Å². The van der Waals surface area contributed by atoms with Crippen LogP contribution < -0.4 is 5.32 Å². The molecule has 7 heteroatoms. The van der Waals surface area contributed by atoms with Gasteiger partial charge in [0.15, 0.2) is 6.04 Å². The van der Waals surface area contributed by atoms with Crippen LogP contribution in [0.5, 0.6) is 0 Å². The van der Waals surface area contributed by atoms with Gasteiger partial charge in [-0.1, -0.05) is 23.7 Å². The van der Waals surface area contributed by atoms with Gasteiger partial charge in [-0.2, -0.15) is 0 Å². The SMILES string of the molecule is O=C(NC(C(=O)O)c1cccs1)c1cccc(Br)c1Cl. The van der Waals surface area contributed by atoms with Crippen molar-refractivity contribution in [2.75, 3.05) is 0 Å². The summed E-state index contributed by atoms with van der Waals surface area (Å²) in [6.07, 6.45) is 0. The van der Waals surface area contributed by atoms with E-state index in [0.29, 0.717) is 9.35 Å². The van der Waals surface area contributed by atoms with Gasteiger partial charge in [-0.15, -0.1) is 11.3 Å². The van der Waals surface area contributed by atoms with Crippen molar-refractivity contribution < 1.29 is 14.7 Å².